The van der Waals surface area contributed by atoms with Gasteiger partial charge in [-0.15, -0.1) is 0 Å². The van der Waals surface area contributed by atoms with E-state index in [0.717, 1.165) is 60.8 Å². The largest absolute Gasteiger partial charge is 0.508 e. The Morgan fingerprint density at radius 2 is 0.434 bits per heavy atom. The van der Waals surface area contributed by atoms with Crippen molar-refractivity contribution in [2.75, 3.05) is 99.1 Å². The monoisotopic (exact) mass is 1070 g/mol. The predicted octanol–water partition coefficient (Wildman–Crippen LogP) is 3.22. The van der Waals surface area contributed by atoms with Crippen LogP contribution in [0, 0.1) is 21.7 Å². The summed E-state index contributed by atoms with van der Waals surface area (Å²) in [4.78, 5) is 137. The van der Waals surface area contributed by atoms with E-state index in [1.54, 1.807) is 0 Å². The number of esters is 9. The molecule has 0 spiro atoms. The molecule has 0 aromatic carbocycles. The summed E-state index contributed by atoms with van der Waals surface area (Å²) >= 11 is 0. The molecule has 0 aliphatic heterocycles. The quantitative estimate of drug-likeness (QED) is 0.0481. The van der Waals surface area contributed by atoms with Crippen LogP contribution in [0.25, 0.3) is 0 Å². The van der Waals surface area contributed by atoms with Crippen molar-refractivity contribution >= 4 is 65.7 Å². The Bertz CT molecular complexity index is 1850. The molecule has 0 aromatic rings. The Morgan fingerprint density at radius 1 is 0.250 bits per heavy atom. The first-order valence-electron chi connectivity index (χ1n) is 22.3. The molecule has 0 aliphatic rings. The van der Waals surface area contributed by atoms with Gasteiger partial charge in [0.1, 0.15) is 72.7 Å². The van der Waals surface area contributed by atoms with E-state index in [1.807, 2.05) is 0 Å². The number of ketones is 1. The van der Waals surface area contributed by atoms with Gasteiger partial charge in [0.2, 0.25) is 0 Å². The van der Waals surface area contributed by atoms with Crippen molar-refractivity contribution in [3.63, 3.8) is 0 Å². The van der Waals surface area contributed by atoms with Crippen molar-refractivity contribution in [2.24, 2.45) is 21.7 Å². The van der Waals surface area contributed by atoms with Crippen LogP contribution in [0.5, 0.6) is 0 Å². The van der Waals surface area contributed by atoms with E-state index in [1.165, 1.54) is 0 Å². The van der Waals surface area contributed by atoms with Gasteiger partial charge in [0.15, 0.2) is 5.78 Å². The van der Waals surface area contributed by atoms with E-state index >= 15 is 0 Å². The summed E-state index contributed by atoms with van der Waals surface area (Å²) in [6.07, 6.45) is 6.27. The number of hydrogen-bond acceptors (Lipinski definition) is 24. The Balaban J connectivity index is 7.41. The van der Waals surface area contributed by atoms with Gasteiger partial charge in [0.05, 0.1) is 48.1 Å². The van der Waals surface area contributed by atoms with Crippen LogP contribution in [-0.2, 0) is 110 Å². The maximum Gasteiger partial charge on any atom is 0.508 e. The highest BCUT2D eigenvalue weighted by Gasteiger charge is 2.43. The number of rotatable bonds is 43. The van der Waals surface area contributed by atoms with Crippen LogP contribution in [-0.4, -0.2) is 165 Å². The molecule has 24 heteroatoms. The second-order valence-electron chi connectivity index (χ2n) is 16.3. The SMILES string of the molecule is C=CC(=O)CCC(COCC(COC(=O)C=C)(COC(=O)C=C)COC(=O)C=C)(COC(=O)C=C)COC(=O)OCC(COCC(COC(=O)C=C)(COC(=O)C=C)COC(=O)C=C)(COC(=O)C=C)COC(=O)C=C. The van der Waals surface area contributed by atoms with Crippen LogP contribution in [0.3, 0.4) is 0 Å². The molecule has 0 amide bonds. The molecule has 76 heavy (non-hydrogen) atoms. The average Bonchev–Trinajstić information content (AvgIpc) is 3.44. The first-order chi connectivity index (χ1) is 36.1. The Hall–Kier alpha value is -8.51. The standard InChI is InChI=1S/C52H64O24/c1-11-38(53)21-22-49(27-66-39(54)12-2,23-64-24-50(29-67-40(55)13-3,30-68-41(56)14-4)31-69-42(57)15-5)28-75-48(63)76-37-52(35-73-46(61)19-9,36-74-47(62)20-10)26-65-25-51(32-70-43(58)16-6,33-71-44(59)17-7)34-72-45(60)18-8/h11-20H,1-10,21-37H2. The second-order valence-corrected chi connectivity index (χ2v) is 16.3. The van der Waals surface area contributed by atoms with E-state index in [2.05, 4.69) is 65.8 Å². The molecular weight excluding hydrogens is 1010 g/mol. The summed E-state index contributed by atoms with van der Waals surface area (Å²) in [6.45, 7) is 23.5. The van der Waals surface area contributed by atoms with Crippen LogP contribution in [0.4, 0.5) is 4.79 Å². The minimum Gasteiger partial charge on any atom is -0.462 e. The molecule has 0 fully saturated rings. The lowest BCUT2D eigenvalue weighted by Gasteiger charge is -2.36. The van der Waals surface area contributed by atoms with E-state index in [0.29, 0.717) is 0 Å². The molecule has 0 radical (unpaired) electrons. The molecule has 0 N–H and O–H groups in total. The van der Waals surface area contributed by atoms with Gasteiger partial charge in [-0.25, -0.2) is 47.9 Å². The van der Waals surface area contributed by atoms with E-state index in [9.17, 15) is 52.7 Å². The molecule has 416 valence electrons. The fraction of sp³-hybridized carbons (Fsp3) is 0.404. The molecule has 0 aromatic heterocycles. The number of hydrogen-bond donors (Lipinski definition) is 0. The van der Waals surface area contributed by atoms with E-state index in [-0.39, 0.29) is 12.8 Å². The lowest BCUT2D eigenvalue weighted by Crippen LogP contribution is -2.47. The lowest BCUT2D eigenvalue weighted by atomic mass is 9.84. The Kier molecular flexibility index (Phi) is 32.3. The summed E-state index contributed by atoms with van der Waals surface area (Å²) in [5.74, 6) is -9.11. The van der Waals surface area contributed by atoms with Gasteiger partial charge in [0.25, 0.3) is 0 Å². The number of carbonyl (C=O) groups is 11. The van der Waals surface area contributed by atoms with Crippen molar-refractivity contribution in [1.82, 2.24) is 0 Å². The highest BCUT2D eigenvalue weighted by Crippen LogP contribution is 2.31. The van der Waals surface area contributed by atoms with Gasteiger partial charge >= 0.3 is 59.9 Å². The highest BCUT2D eigenvalue weighted by molar-refractivity contribution is 5.89. The highest BCUT2D eigenvalue weighted by atomic mass is 16.7. The summed E-state index contributed by atoms with van der Waals surface area (Å²) in [5, 5.41) is 0. The van der Waals surface area contributed by atoms with Gasteiger partial charge in [-0.3, -0.25) is 4.79 Å². The number of ether oxygens (including phenoxy) is 13. The van der Waals surface area contributed by atoms with E-state index < -0.39 is 186 Å². The Morgan fingerprint density at radius 3 is 0.645 bits per heavy atom. The zero-order valence-corrected chi connectivity index (χ0v) is 42.2. The van der Waals surface area contributed by atoms with Crippen molar-refractivity contribution in [2.45, 2.75) is 12.8 Å². The van der Waals surface area contributed by atoms with Crippen LogP contribution < -0.4 is 0 Å². The van der Waals surface area contributed by atoms with Crippen LogP contribution in [0.1, 0.15) is 12.8 Å². The second kappa shape index (κ2) is 36.4. The van der Waals surface area contributed by atoms with Crippen molar-refractivity contribution < 1.29 is 114 Å². The fourth-order valence-electron chi connectivity index (χ4n) is 5.56. The molecule has 1 atom stereocenters. The summed E-state index contributed by atoms with van der Waals surface area (Å²) < 4.78 is 70.6. The molecule has 1 unspecified atom stereocenters. The smallest absolute Gasteiger partial charge is 0.462 e. The lowest BCUT2D eigenvalue weighted by molar-refractivity contribution is -0.168. The predicted molar refractivity (Wildman–Crippen MR) is 264 cm³/mol. The minimum atomic E-state index is -1.88. The maximum atomic E-state index is 13.7. The van der Waals surface area contributed by atoms with Gasteiger partial charge in [0, 0.05) is 61.1 Å². The summed E-state index contributed by atoms with van der Waals surface area (Å²) in [7, 11) is 0. The molecule has 0 bridgehead atoms. The number of carbonyl (C=O) groups excluding carboxylic acids is 11. The zero-order chi connectivity index (χ0) is 57.6. The molecule has 0 heterocycles. The normalized spacial score (nSPS) is 11.5. The molecule has 0 saturated heterocycles. The van der Waals surface area contributed by atoms with E-state index in [4.69, 9.17) is 61.6 Å². The van der Waals surface area contributed by atoms with Gasteiger partial charge < -0.3 is 61.6 Å². The van der Waals surface area contributed by atoms with Gasteiger partial charge in [-0.1, -0.05) is 65.8 Å². The molecule has 24 nitrogen and oxygen atoms in total. The minimum absolute atomic E-state index is 0.272. The van der Waals surface area contributed by atoms with Crippen molar-refractivity contribution in [3.8, 4) is 0 Å². The molecule has 0 rings (SSSR count). The van der Waals surface area contributed by atoms with Crippen LogP contribution >= 0.6 is 0 Å². The first kappa shape index (κ1) is 67.5. The molecular formula is C52H64O24. The summed E-state index contributed by atoms with van der Waals surface area (Å²) in [5.41, 5.74) is -6.94. The fourth-order valence-corrected chi connectivity index (χ4v) is 5.56. The topological polar surface area (TPSA) is 308 Å². The molecule has 0 aliphatic carbocycles. The van der Waals surface area contributed by atoms with Gasteiger partial charge in [-0.2, -0.15) is 0 Å². The number of allylic oxidation sites excluding steroid dienone is 1. The third-order valence-corrected chi connectivity index (χ3v) is 9.94. The average molecular weight is 1070 g/mol. The zero-order valence-electron chi connectivity index (χ0n) is 42.2. The van der Waals surface area contributed by atoms with Crippen molar-refractivity contribution in [1.29, 1.82) is 0 Å². The molecule has 0 saturated carbocycles. The third-order valence-electron chi connectivity index (χ3n) is 9.94. The first-order valence-corrected chi connectivity index (χ1v) is 22.3. The van der Waals surface area contributed by atoms with Gasteiger partial charge in [-0.05, 0) is 12.5 Å². The van der Waals surface area contributed by atoms with Crippen LogP contribution in [0.15, 0.2) is 127 Å². The third kappa shape index (κ3) is 27.5. The maximum absolute atomic E-state index is 13.7. The van der Waals surface area contributed by atoms with Crippen molar-refractivity contribution in [3.05, 3.63) is 127 Å². The Labute approximate surface area is 439 Å². The summed E-state index contributed by atoms with van der Waals surface area (Å²) in [6, 6.07) is 0. The van der Waals surface area contributed by atoms with Crippen LogP contribution in [0.2, 0.25) is 0 Å².